The number of hydrogen-bond donors (Lipinski definition) is 2. The Morgan fingerprint density at radius 3 is 3.00 bits per heavy atom. The fraction of sp³-hybridized carbons (Fsp3) is 0.444. The molecule has 3 heteroatoms. The first-order chi connectivity index (χ1) is 5.77. The molecule has 66 valence electrons. The molecular weight excluding hydrogens is 154 g/mol. The first kappa shape index (κ1) is 9.00. The van der Waals surface area contributed by atoms with Crippen LogP contribution in [0, 0.1) is 5.92 Å². The molecule has 1 unspecified atom stereocenters. The van der Waals surface area contributed by atoms with E-state index < -0.39 is 0 Å². The van der Waals surface area contributed by atoms with Crippen LogP contribution in [0.25, 0.3) is 0 Å². The monoisotopic (exact) mass is 167 g/mol. The zero-order chi connectivity index (χ0) is 8.97. The smallest absolute Gasteiger partial charge is 0.226 e. The molecule has 0 bridgehead atoms. The molecule has 0 saturated heterocycles. The van der Waals surface area contributed by atoms with Crippen molar-refractivity contribution in [2.75, 3.05) is 13.7 Å². The zero-order valence-electron chi connectivity index (χ0n) is 7.08. The van der Waals surface area contributed by atoms with Gasteiger partial charge in [-0.15, -0.1) is 0 Å². The Kier molecular flexibility index (Phi) is 3.05. The van der Waals surface area contributed by atoms with Gasteiger partial charge in [0.05, 0.1) is 12.5 Å². The third kappa shape index (κ3) is 1.95. The third-order valence-corrected chi connectivity index (χ3v) is 1.94. The molecule has 1 atom stereocenters. The first-order valence-corrected chi connectivity index (χ1v) is 3.97. The van der Waals surface area contributed by atoms with E-state index >= 15 is 0 Å². The van der Waals surface area contributed by atoms with E-state index in [0.717, 1.165) is 5.57 Å². The van der Waals surface area contributed by atoms with Crippen molar-refractivity contribution in [3.8, 4) is 0 Å². The van der Waals surface area contributed by atoms with E-state index in [4.69, 9.17) is 5.11 Å². The minimum Gasteiger partial charge on any atom is -0.392 e. The number of nitrogens with one attached hydrogen (secondary N) is 1. The van der Waals surface area contributed by atoms with Gasteiger partial charge in [-0.3, -0.25) is 4.79 Å². The Labute approximate surface area is 71.8 Å². The molecular formula is C9H13NO2. The summed E-state index contributed by atoms with van der Waals surface area (Å²) in [6.07, 6.45) is 6.19. The molecule has 0 aromatic rings. The third-order valence-electron chi connectivity index (χ3n) is 1.94. The molecule has 1 aliphatic carbocycles. The summed E-state index contributed by atoms with van der Waals surface area (Å²) >= 11 is 0. The van der Waals surface area contributed by atoms with Crippen LogP contribution in [0.3, 0.4) is 0 Å². The summed E-state index contributed by atoms with van der Waals surface area (Å²) in [5.74, 6) is -0.0372. The summed E-state index contributed by atoms with van der Waals surface area (Å²) in [6, 6.07) is 0. The predicted molar refractivity (Wildman–Crippen MR) is 46.5 cm³/mol. The van der Waals surface area contributed by atoms with Gasteiger partial charge >= 0.3 is 0 Å². The minimum absolute atomic E-state index is 0.0273. The van der Waals surface area contributed by atoms with Crippen molar-refractivity contribution in [1.29, 1.82) is 0 Å². The number of aliphatic hydroxyl groups excluding tert-OH is 1. The quantitative estimate of drug-likeness (QED) is 0.618. The maximum Gasteiger partial charge on any atom is 0.226 e. The van der Waals surface area contributed by atoms with E-state index in [1.807, 2.05) is 12.2 Å². The maximum atomic E-state index is 11.1. The lowest BCUT2D eigenvalue weighted by Crippen LogP contribution is -2.26. The summed E-state index contributed by atoms with van der Waals surface area (Å²) in [4.78, 5) is 11.1. The van der Waals surface area contributed by atoms with E-state index in [1.165, 1.54) is 0 Å². The molecule has 0 heterocycles. The average molecular weight is 167 g/mol. The van der Waals surface area contributed by atoms with Crippen LogP contribution in [-0.2, 0) is 4.79 Å². The number of aliphatic hydroxyl groups is 1. The molecule has 1 aliphatic rings. The predicted octanol–water partition coefficient (Wildman–Crippen LogP) is 0.227. The van der Waals surface area contributed by atoms with E-state index in [-0.39, 0.29) is 18.4 Å². The number of allylic oxidation sites excluding steroid dienone is 1. The number of carbonyl (C=O) groups is 1. The molecule has 0 aliphatic heterocycles. The Hall–Kier alpha value is -1.09. The molecule has 0 saturated carbocycles. The van der Waals surface area contributed by atoms with Crippen LogP contribution in [0.2, 0.25) is 0 Å². The molecule has 3 nitrogen and oxygen atoms in total. The highest BCUT2D eigenvalue weighted by Crippen LogP contribution is 2.15. The van der Waals surface area contributed by atoms with Crippen LogP contribution in [-0.4, -0.2) is 24.7 Å². The molecule has 0 aromatic heterocycles. The molecule has 2 N–H and O–H groups in total. The van der Waals surface area contributed by atoms with Crippen molar-refractivity contribution in [1.82, 2.24) is 5.32 Å². The van der Waals surface area contributed by atoms with Gasteiger partial charge in [0.1, 0.15) is 0 Å². The van der Waals surface area contributed by atoms with Gasteiger partial charge in [0, 0.05) is 7.05 Å². The first-order valence-electron chi connectivity index (χ1n) is 3.97. The van der Waals surface area contributed by atoms with Gasteiger partial charge in [-0.05, 0) is 12.0 Å². The standard InChI is InChI=1S/C9H13NO2/c1-10-9(12)8-4-2-7(6-11)3-5-8/h2-4,8,11H,5-6H2,1H3,(H,10,12). The van der Waals surface area contributed by atoms with Crippen LogP contribution < -0.4 is 5.32 Å². The van der Waals surface area contributed by atoms with E-state index in [9.17, 15) is 4.79 Å². The molecule has 0 fully saturated rings. The lowest BCUT2D eigenvalue weighted by Gasteiger charge is -2.13. The lowest BCUT2D eigenvalue weighted by molar-refractivity contribution is -0.123. The lowest BCUT2D eigenvalue weighted by atomic mass is 9.96. The molecule has 0 radical (unpaired) electrons. The number of amides is 1. The zero-order valence-corrected chi connectivity index (χ0v) is 7.08. The van der Waals surface area contributed by atoms with Crippen molar-refractivity contribution < 1.29 is 9.90 Å². The van der Waals surface area contributed by atoms with Crippen LogP contribution in [0.4, 0.5) is 0 Å². The van der Waals surface area contributed by atoms with Gasteiger partial charge in [-0.25, -0.2) is 0 Å². The Balaban J connectivity index is 2.53. The van der Waals surface area contributed by atoms with Crippen LogP contribution in [0.5, 0.6) is 0 Å². The SMILES string of the molecule is CNC(=O)C1C=CC(CO)=CC1. The van der Waals surface area contributed by atoms with Crippen LogP contribution in [0.15, 0.2) is 23.8 Å². The molecule has 1 amide bonds. The number of carbonyl (C=O) groups excluding carboxylic acids is 1. The second-order valence-electron chi connectivity index (χ2n) is 2.75. The summed E-state index contributed by atoms with van der Waals surface area (Å²) in [5, 5.41) is 11.3. The topological polar surface area (TPSA) is 49.3 Å². The van der Waals surface area contributed by atoms with E-state index in [2.05, 4.69) is 5.32 Å². The van der Waals surface area contributed by atoms with Gasteiger partial charge in [-0.1, -0.05) is 18.2 Å². The highest BCUT2D eigenvalue weighted by molar-refractivity contribution is 5.80. The Morgan fingerprint density at radius 1 is 1.83 bits per heavy atom. The number of rotatable bonds is 2. The number of hydrogen-bond acceptors (Lipinski definition) is 2. The minimum atomic E-state index is -0.0645. The van der Waals surface area contributed by atoms with Crippen molar-refractivity contribution in [3.05, 3.63) is 23.8 Å². The fourth-order valence-electron chi connectivity index (χ4n) is 1.16. The highest BCUT2D eigenvalue weighted by atomic mass is 16.3. The van der Waals surface area contributed by atoms with Crippen molar-refractivity contribution in [2.45, 2.75) is 6.42 Å². The second-order valence-corrected chi connectivity index (χ2v) is 2.75. The molecule has 12 heavy (non-hydrogen) atoms. The fourth-order valence-corrected chi connectivity index (χ4v) is 1.16. The van der Waals surface area contributed by atoms with Crippen molar-refractivity contribution >= 4 is 5.91 Å². The van der Waals surface area contributed by atoms with Gasteiger partial charge in [0.2, 0.25) is 5.91 Å². The second kappa shape index (κ2) is 4.07. The van der Waals surface area contributed by atoms with Crippen LogP contribution in [0.1, 0.15) is 6.42 Å². The molecule has 0 spiro atoms. The highest BCUT2D eigenvalue weighted by Gasteiger charge is 2.14. The van der Waals surface area contributed by atoms with Gasteiger partial charge in [-0.2, -0.15) is 0 Å². The summed E-state index contributed by atoms with van der Waals surface area (Å²) in [5.41, 5.74) is 0.884. The van der Waals surface area contributed by atoms with Crippen molar-refractivity contribution in [2.24, 2.45) is 5.92 Å². The normalized spacial score (nSPS) is 21.8. The van der Waals surface area contributed by atoms with Gasteiger partial charge < -0.3 is 10.4 Å². The molecule has 0 aromatic carbocycles. The van der Waals surface area contributed by atoms with E-state index in [1.54, 1.807) is 13.1 Å². The summed E-state index contributed by atoms with van der Waals surface area (Å²) < 4.78 is 0. The van der Waals surface area contributed by atoms with Crippen molar-refractivity contribution in [3.63, 3.8) is 0 Å². The summed E-state index contributed by atoms with van der Waals surface area (Å²) in [6.45, 7) is 0.0525. The molecule has 1 rings (SSSR count). The Bertz CT molecular complexity index is 231. The Morgan fingerprint density at radius 2 is 2.58 bits per heavy atom. The largest absolute Gasteiger partial charge is 0.392 e. The summed E-state index contributed by atoms with van der Waals surface area (Å²) in [7, 11) is 1.63. The maximum absolute atomic E-state index is 11.1. The average Bonchev–Trinajstić information content (AvgIpc) is 2.17. The van der Waals surface area contributed by atoms with Gasteiger partial charge in [0.15, 0.2) is 0 Å². The van der Waals surface area contributed by atoms with E-state index in [0.29, 0.717) is 6.42 Å². The van der Waals surface area contributed by atoms with Crippen LogP contribution >= 0.6 is 0 Å². The van der Waals surface area contributed by atoms with Gasteiger partial charge in [0.25, 0.3) is 0 Å².